The van der Waals surface area contributed by atoms with Crippen LogP contribution in [0.4, 0.5) is 0 Å². The lowest BCUT2D eigenvalue weighted by Gasteiger charge is -2.28. The standard InChI is InChI=1S/C13H21N3O2S/c1-11-5-3-4-6-13(11)12(2)15-19(17,18)16-9-7-14-8-10-16/h3-6,12,14-15H,7-10H2,1-2H3. The van der Waals surface area contributed by atoms with Gasteiger partial charge in [-0.2, -0.15) is 17.4 Å². The number of nitrogens with one attached hydrogen (secondary N) is 2. The van der Waals surface area contributed by atoms with E-state index < -0.39 is 10.2 Å². The fourth-order valence-corrected chi connectivity index (χ4v) is 3.70. The third-order valence-electron chi connectivity index (χ3n) is 3.40. The van der Waals surface area contributed by atoms with Gasteiger partial charge in [0.25, 0.3) is 10.2 Å². The van der Waals surface area contributed by atoms with Crippen LogP contribution in [0.5, 0.6) is 0 Å². The molecule has 0 radical (unpaired) electrons. The quantitative estimate of drug-likeness (QED) is 0.859. The maximum Gasteiger partial charge on any atom is 0.280 e. The lowest BCUT2D eigenvalue weighted by Crippen LogP contribution is -2.50. The minimum Gasteiger partial charge on any atom is -0.314 e. The largest absolute Gasteiger partial charge is 0.314 e. The van der Waals surface area contributed by atoms with E-state index in [1.807, 2.05) is 38.1 Å². The summed E-state index contributed by atoms with van der Waals surface area (Å²) < 4.78 is 28.8. The van der Waals surface area contributed by atoms with Gasteiger partial charge in [0.2, 0.25) is 0 Å². The van der Waals surface area contributed by atoms with E-state index in [0.29, 0.717) is 26.2 Å². The molecule has 0 spiro atoms. The molecular formula is C13H21N3O2S. The van der Waals surface area contributed by atoms with Crippen molar-refractivity contribution in [3.63, 3.8) is 0 Å². The van der Waals surface area contributed by atoms with Crippen molar-refractivity contribution in [2.24, 2.45) is 0 Å². The molecule has 0 amide bonds. The van der Waals surface area contributed by atoms with E-state index in [1.54, 1.807) is 0 Å². The van der Waals surface area contributed by atoms with Gasteiger partial charge in [-0.15, -0.1) is 0 Å². The SMILES string of the molecule is Cc1ccccc1C(C)NS(=O)(=O)N1CCNCC1. The maximum atomic E-state index is 12.3. The fraction of sp³-hybridized carbons (Fsp3) is 0.538. The van der Waals surface area contributed by atoms with E-state index >= 15 is 0 Å². The number of hydrogen-bond donors (Lipinski definition) is 2. The van der Waals surface area contributed by atoms with E-state index in [-0.39, 0.29) is 6.04 Å². The van der Waals surface area contributed by atoms with Gasteiger partial charge in [-0.25, -0.2) is 0 Å². The van der Waals surface area contributed by atoms with Crippen molar-refractivity contribution in [3.8, 4) is 0 Å². The minimum atomic E-state index is -3.40. The first-order valence-corrected chi connectivity index (χ1v) is 7.98. The van der Waals surface area contributed by atoms with E-state index in [9.17, 15) is 8.42 Å². The summed E-state index contributed by atoms with van der Waals surface area (Å²) >= 11 is 0. The lowest BCUT2D eigenvalue weighted by atomic mass is 10.0. The van der Waals surface area contributed by atoms with Gasteiger partial charge in [-0.1, -0.05) is 24.3 Å². The second-order valence-electron chi connectivity index (χ2n) is 4.85. The topological polar surface area (TPSA) is 61.4 Å². The first-order valence-electron chi connectivity index (χ1n) is 6.54. The van der Waals surface area contributed by atoms with Crippen molar-refractivity contribution < 1.29 is 8.42 Å². The molecule has 2 N–H and O–H groups in total. The molecular weight excluding hydrogens is 262 g/mol. The summed E-state index contributed by atoms with van der Waals surface area (Å²) in [6.07, 6.45) is 0. The van der Waals surface area contributed by atoms with Crippen LogP contribution in [0.3, 0.4) is 0 Å². The highest BCUT2D eigenvalue weighted by Gasteiger charge is 2.25. The Morgan fingerprint density at radius 1 is 1.26 bits per heavy atom. The fourth-order valence-electron chi connectivity index (χ4n) is 2.32. The summed E-state index contributed by atoms with van der Waals surface area (Å²) in [6, 6.07) is 7.61. The zero-order valence-electron chi connectivity index (χ0n) is 11.4. The molecule has 1 aromatic carbocycles. The third-order valence-corrected chi connectivity index (χ3v) is 5.09. The molecule has 0 aliphatic carbocycles. The normalized spacial score (nSPS) is 19.3. The Hall–Kier alpha value is -0.950. The summed E-state index contributed by atoms with van der Waals surface area (Å²) in [5.74, 6) is 0. The Kier molecular flexibility index (Phi) is 4.57. The second-order valence-corrected chi connectivity index (χ2v) is 6.55. The van der Waals surface area contributed by atoms with Crippen LogP contribution in [0.1, 0.15) is 24.1 Å². The predicted octanol–water partition coefficient (Wildman–Crippen LogP) is 0.796. The molecule has 2 rings (SSSR count). The van der Waals surface area contributed by atoms with Crippen LogP contribution in [0.15, 0.2) is 24.3 Å². The zero-order chi connectivity index (χ0) is 13.9. The van der Waals surface area contributed by atoms with E-state index in [2.05, 4.69) is 10.0 Å². The van der Waals surface area contributed by atoms with Gasteiger partial charge in [0.05, 0.1) is 0 Å². The number of benzene rings is 1. The maximum absolute atomic E-state index is 12.3. The molecule has 0 bridgehead atoms. The Bertz CT molecular complexity index is 524. The van der Waals surface area contributed by atoms with Crippen LogP contribution in [0.25, 0.3) is 0 Å². The second kappa shape index (κ2) is 6.00. The number of hydrogen-bond acceptors (Lipinski definition) is 3. The predicted molar refractivity (Wildman–Crippen MR) is 76.1 cm³/mol. The Morgan fingerprint density at radius 3 is 2.53 bits per heavy atom. The number of aryl methyl sites for hydroxylation is 1. The van der Waals surface area contributed by atoms with Gasteiger partial charge in [-0.3, -0.25) is 0 Å². The molecule has 1 aromatic rings. The highest BCUT2D eigenvalue weighted by molar-refractivity contribution is 7.87. The zero-order valence-corrected chi connectivity index (χ0v) is 12.2. The molecule has 1 unspecified atom stereocenters. The van der Waals surface area contributed by atoms with Gasteiger partial charge in [0.15, 0.2) is 0 Å². The smallest absolute Gasteiger partial charge is 0.280 e. The molecule has 1 atom stereocenters. The van der Waals surface area contributed by atoms with Crippen LogP contribution in [0, 0.1) is 6.92 Å². The first kappa shape index (κ1) is 14.5. The van der Waals surface area contributed by atoms with Crippen molar-refractivity contribution >= 4 is 10.2 Å². The molecule has 1 fully saturated rings. The molecule has 106 valence electrons. The van der Waals surface area contributed by atoms with Crippen LogP contribution in [0.2, 0.25) is 0 Å². The van der Waals surface area contributed by atoms with Gasteiger partial charge in [0, 0.05) is 32.2 Å². The van der Waals surface area contributed by atoms with Crippen molar-refractivity contribution in [1.82, 2.24) is 14.3 Å². The van der Waals surface area contributed by atoms with Crippen molar-refractivity contribution in [3.05, 3.63) is 35.4 Å². The average molecular weight is 283 g/mol. The van der Waals surface area contributed by atoms with Gasteiger partial charge in [-0.05, 0) is 25.0 Å². The van der Waals surface area contributed by atoms with Crippen LogP contribution in [-0.2, 0) is 10.2 Å². The molecule has 1 aliphatic rings. The summed E-state index contributed by atoms with van der Waals surface area (Å²) in [7, 11) is -3.40. The number of rotatable bonds is 4. The summed E-state index contributed by atoms with van der Waals surface area (Å²) in [5.41, 5.74) is 2.11. The van der Waals surface area contributed by atoms with Crippen LogP contribution in [-0.4, -0.2) is 38.9 Å². The average Bonchev–Trinajstić information content (AvgIpc) is 2.39. The molecule has 0 aromatic heterocycles. The third kappa shape index (κ3) is 3.54. The molecule has 5 nitrogen and oxygen atoms in total. The van der Waals surface area contributed by atoms with E-state index in [0.717, 1.165) is 11.1 Å². The van der Waals surface area contributed by atoms with Crippen molar-refractivity contribution in [2.45, 2.75) is 19.9 Å². The van der Waals surface area contributed by atoms with E-state index in [1.165, 1.54) is 4.31 Å². The molecule has 1 heterocycles. The van der Waals surface area contributed by atoms with Gasteiger partial charge < -0.3 is 5.32 Å². The number of piperazine rings is 1. The van der Waals surface area contributed by atoms with Crippen LogP contribution >= 0.6 is 0 Å². The van der Waals surface area contributed by atoms with Crippen LogP contribution < -0.4 is 10.0 Å². The first-order chi connectivity index (χ1) is 9.00. The Morgan fingerprint density at radius 2 is 1.89 bits per heavy atom. The Labute approximate surface area is 115 Å². The van der Waals surface area contributed by atoms with Crippen molar-refractivity contribution in [1.29, 1.82) is 0 Å². The number of nitrogens with zero attached hydrogens (tertiary/aromatic N) is 1. The Balaban J connectivity index is 2.09. The summed E-state index contributed by atoms with van der Waals surface area (Å²) in [5, 5.41) is 3.15. The van der Waals surface area contributed by atoms with Gasteiger partial charge >= 0.3 is 0 Å². The van der Waals surface area contributed by atoms with Crippen molar-refractivity contribution in [2.75, 3.05) is 26.2 Å². The molecule has 1 saturated heterocycles. The summed E-state index contributed by atoms with van der Waals surface area (Å²) in [4.78, 5) is 0. The molecule has 1 aliphatic heterocycles. The monoisotopic (exact) mass is 283 g/mol. The minimum absolute atomic E-state index is 0.221. The highest BCUT2D eigenvalue weighted by atomic mass is 32.2. The summed E-state index contributed by atoms with van der Waals surface area (Å²) in [6.45, 7) is 6.33. The molecule has 19 heavy (non-hydrogen) atoms. The molecule has 0 saturated carbocycles. The molecule has 6 heteroatoms. The lowest BCUT2D eigenvalue weighted by molar-refractivity contribution is 0.352. The van der Waals surface area contributed by atoms with Gasteiger partial charge in [0.1, 0.15) is 0 Å². The highest BCUT2D eigenvalue weighted by Crippen LogP contribution is 2.18. The van der Waals surface area contributed by atoms with E-state index in [4.69, 9.17) is 0 Å².